The van der Waals surface area contributed by atoms with Gasteiger partial charge in [0.1, 0.15) is 0 Å². The van der Waals surface area contributed by atoms with Gasteiger partial charge < -0.3 is 5.73 Å². The molecule has 1 nitrogen and oxygen atoms in total. The standard InChI is InChI=1S/C12H15NS.ClH/c1-2-5-11(13)10-8-14-12-7-4-3-6-9(10)12;/h3-4,6-8,11H,2,5,13H2,1H3;1H/t11-;/m1./s1. The lowest BCUT2D eigenvalue weighted by molar-refractivity contribution is 0.644. The molecule has 1 aromatic carbocycles. The number of benzene rings is 1. The average molecular weight is 242 g/mol. The summed E-state index contributed by atoms with van der Waals surface area (Å²) in [6, 6.07) is 8.68. The molecule has 1 heterocycles. The van der Waals surface area contributed by atoms with Crippen molar-refractivity contribution in [2.24, 2.45) is 5.73 Å². The summed E-state index contributed by atoms with van der Waals surface area (Å²) < 4.78 is 1.34. The van der Waals surface area contributed by atoms with Gasteiger partial charge in [0.25, 0.3) is 0 Å². The molecule has 0 aliphatic carbocycles. The summed E-state index contributed by atoms with van der Waals surface area (Å²) in [4.78, 5) is 0. The van der Waals surface area contributed by atoms with Crippen LogP contribution in [0, 0.1) is 0 Å². The maximum Gasteiger partial charge on any atom is 0.0346 e. The highest BCUT2D eigenvalue weighted by Gasteiger charge is 2.09. The molecule has 0 spiro atoms. The summed E-state index contributed by atoms with van der Waals surface area (Å²) in [6.45, 7) is 2.18. The molecule has 0 saturated carbocycles. The number of nitrogens with two attached hydrogens (primary N) is 1. The molecule has 0 saturated heterocycles. The number of halogens is 1. The Morgan fingerprint density at radius 1 is 1.33 bits per heavy atom. The SMILES string of the molecule is CCC[C@@H](N)c1csc2ccccc12.Cl. The van der Waals surface area contributed by atoms with Crippen LogP contribution < -0.4 is 5.73 Å². The number of rotatable bonds is 3. The molecule has 0 fully saturated rings. The van der Waals surface area contributed by atoms with Gasteiger partial charge in [-0.2, -0.15) is 0 Å². The van der Waals surface area contributed by atoms with E-state index in [4.69, 9.17) is 5.73 Å². The van der Waals surface area contributed by atoms with Crippen molar-refractivity contribution in [3.63, 3.8) is 0 Å². The van der Waals surface area contributed by atoms with Gasteiger partial charge in [-0.1, -0.05) is 31.5 Å². The lowest BCUT2D eigenvalue weighted by Crippen LogP contribution is -2.08. The lowest BCUT2D eigenvalue weighted by Gasteiger charge is -2.08. The zero-order valence-corrected chi connectivity index (χ0v) is 10.4. The molecule has 2 N–H and O–H groups in total. The molecule has 1 atom stereocenters. The summed E-state index contributed by atoms with van der Waals surface area (Å²) in [6.07, 6.45) is 2.21. The minimum atomic E-state index is 0. The summed E-state index contributed by atoms with van der Waals surface area (Å²) in [7, 11) is 0. The number of hydrogen-bond acceptors (Lipinski definition) is 2. The lowest BCUT2D eigenvalue weighted by atomic mass is 10.0. The highest BCUT2D eigenvalue weighted by atomic mass is 35.5. The first-order valence-corrected chi connectivity index (χ1v) is 5.92. The largest absolute Gasteiger partial charge is 0.324 e. The Morgan fingerprint density at radius 2 is 2.07 bits per heavy atom. The van der Waals surface area contributed by atoms with Crippen LogP contribution in [0.1, 0.15) is 31.4 Å². The van der Waals surface area contributed by atoms with Crippen LogP contribution in [-0.2, 0) is 0 Å². The van der Waals surface area contributed by atoms with Crippen LogP contribution in [-0.4, -0.2) is 0 Å². The van der Waals surface area contributed by atoms with Gasteiger partial charge in [0.15, 0.2) is 0 Å². The van der Waals surface area contributed by atoms with Crippen molar-refractivity contribution in [1.29, 1.82) is 0 Å². The normalized spacial score (nSPS) is 12.4. The van der Waals surface area contributed by atoms with E-state index < -0.39 is 0 Å². The molecule has 2 rings (SSSR count). The molecule has 15 heavy (non-hydrogen) atoms. The van der Waals surface area contributed by atoms with Gasteiger partial charge in [0.05, 0.1) is 0 Å². The van der Waals surface area contributed by atoms with Crippen molar-refractivity contribution in [3.8, 4) is 0 Å². The quantitative estimate of drug-likeness (QED) is 0.860. The van der Waals surface area contributed by atoms with Crippen molar-refractivity contribution in [2.45, 2.75) is 25.8 Å². The Kier molecular flexibility index (Phi) is 4.58. The van der Waals surface area contributed by atoms with E-state index in [9.17, 15) is 0 Å². The van der Waals surface area contributed by atoms with E-state index in [1.165, 1.54) is 15.6 Å². The van der Waals surface area contributed by atoms with E-state index in [0.29, 0.717) is 0 Å². The van der Waals surface area contributed by atoms with E-state index in [1.54, 1.807) is 11.3 Å². The fourth-order valence-electron chi connectivity index (χ4n) is 1.75. The Hall–Kier alpha value is -0.570. The van der Waals surface area contributed by atoms with Crippen LogP contribution in [0.5, 0.6) is 0 Å². The van der Waals surface area contributed by atoms with Crippen molar-refractivity contribution in [1.82, 2.24) is 0 Å². The minimum absolute atomic E-state index is 0. The maximum absolute atomic E-state index is 6.12. The van der Waals surface area contributed by atoms with Crippen molar-refractivity contribution in [3.05, 3.63) is 35.2 Å². The van der Waals surface area contributed by atoms with Gasteiger partial charge >= 0.3 is 0 Å². The molecule has 3 heteroatoms. The van der Waals surface area contributed by atoms with E-state index in [0.717, 1.165) is 12.8 Å². The summed E-state index contributed by atoms with van der Waals surface area (Å²) in [5.74, 6) is 0. The van der Waals surface area contributed by atoms with Gasteiger partial charge in [-0.3, -0.25) is 0 Å². The number of fused-ring (bicyclic) bond motifs is 1. The predicted molar refractivity (Wildman–Crippen MR) is 70.9 cm³/mol. The van der Waals surface area contributed by atoms with Gasteiger partial charge in [0.2, 0.25) is 0 Å². The maximum atomic E-state index is 6.12. The van der Waals surface area contributed by atoms with E-state index in [-0.39, 0.29) is 18.4 Å². The van der Waals surface area contributed by atoms with Crippen LogP contribution in [0.2, 0.25) is 0 Å². The molecule has 82 valence electrons. The first kappa shape index (κ1) is 12.5. The molecule has 1 aromatic heterocycles. The second kappa shape index (κ2) is 5.50. The van der Waals surface area contributed by atoms with Crippen LogP contribution in [0.25, 0.3) is 10.1 Å². The van der Waals surface area contributed by atoms with Crippen LogP contribution in [0.15, 0.2) is 29.6 Å². The Labute approximate surface area is 101 Å². The van der Waals surface area contributed by atoms with Gasteiger partial charge in [-0.15, -0.1) is 23.7 Å². The van der Waals surface area contributed by atoms with Crippen molar-refractivity contribution in [2.75, 3.05) is 0 Å². The van der Waals surface area contributed by atoms with Crippen LogP contribution >= 0.6 is 23.7 Å². The highest BCUT2D eigenvalue weighted by molar-refractivity contribution is 7.17. The molecule has 0 aliphatic rings. The fourth-order valence-corrected chi connectivity index (χ4v) is 2.78. The van der Waals surface area contributed by atoms with Crippen LogP contribution in [0.4, 0.5) is 0 Å². The third-order valence-corrected chi connectivity index (χ3v) is 3.49. The smallest absolute Gasteiger partial charge is 0.0346 e. The zero-order chi connectivity index (χ0) is 9.97. The Bertz CT molecular complexity index is 424. The van der Waals surface area contributed by atoms with E-state index >= 15 is 0 Å². The predicted octanol–water partition coefficient (Wildman–Crippen LogP) is 4.12. The molecule has 2 aromatic rings. The molecular weight excluding hydrogens is 226 g/mol. The van der Waals surface area contributed by atoms with Crippen molar-refractivity contribution < 1.29 is 0 Å². The monoisotopic (exact) mass is 241 g/mol. The summed E-state index contributed by atoms with van der Waals surface area (Å²) >= 11 is 1.79. The van der Waals surface area contributed by atoms with Crippen LogP contribution in [0.3, 0.4) is 0 Å². The van der Waals surface area contributed by atoms with Gasteiger partial charge in [-0.05, 0) is 28.8 Å². The number of thiophene rings is 1. The summed E-state index contributed by atoms with van der Waals surface area (Å²) in [5.41, 5.74) is 7.44. The van der Waals surface area contributed by atoms with Gasteiger partial charge in [0, 0.05) is 10.7 Å². The molecule has 0 radical (unpaired) electrons. The van der Waals surface area contributed by atoms with E-state index in [2.05, 4.69) is 36.6 Å². The summed E-state index contributed by atoms with van der Waals surface area (Å²) in [5, 5.41) is 3.53. The molecule has 0 amide bonds. The topological polar surface area (TPSA) is 26.0 Å². The first-order valence-electron chi connectivity index (χ1n) is 5.04. The second-order valence-corrected chi connectivity index (χ2v) is 4.49. The fraction of sp³-hybridized carbons (Fsp3) is 0.333. The Morgan fingerprint density at radius 3 is 2.80 bits per heavy atom. The molecule has 0 unspecified atom stereocenters. The highest BCUT2D eigenvalue weighted by Crippen LogP contribution is 2.30. The Balaban J connectivity index is 0.00000112. The first-order chi connectivity index (χ1) is 6.83. The van der Waals surface area contributed by atoms with Gasteiger partial charge in [-0.25, -0.2) is 0 Å². The minimum Gasteiger partial charge on any atom is -0.324 e. The third kappa shape index (κ3) is 2.51. The molecule has 0 bridgehead atoms. The van der Waals surface area contributed by atoms with E-state index in [1.807, 2.05) is 0 Å². The zero-order valence-electron chi connectivity index (χ0n) is 8.77. The molecule has 0 aliphatic heterocycles. The van der Waals surface area contributed by atoms with Crippen molar-refractivity contribution >= 4 is 33.8 Å². The number of hydrogen-bond donors (Lipinski definition) is 1. The third-order valence-electron chi connectivity index (χ3n) is 2.51. The second-order valence-electron chi connectivity index (χ2n) is 3.58. The molecular formula is C12H16ClNS. The average Bonchev–Trinajstić information content (AvgIpc) is 2.61.